The topological polar surface area (TPSA) is 15.8 Å². The van der Waals surface area contributed by atoms with Gasteiger partial charge in [0.2, 0.25) is 0 Å². The largest absolute Gasteiger partial charge is 0.361 e. The molecule has 1 heterocycles. The van der Waals surface area contributed by atoms with Gasteiger partial charge >= 0.3 is 0 Å². The van der Waals surface area contributed by atoms with Crippen LogP contribution in [-0.4, -0.2) is 4.98 Å². The second-order valence-electron chi connectivity index (χ2n) is 3.76. The van der Waals surface area contributed by atoms with Crippen molar-refractivity contribution in [3.63, 3.8) is 0 Å². The maximum Gasteiger partial charge on any atom is 0.0505 e. The number of rotatable bonds is 1. The number of H-pyrrole nitrogens is 1. The Morgan fingerprint density at radius 2 is 1.75 bits per heavy atom. The van der Waals surface area contributed by atoms with E-state index in [-0.39, 0.29) is 0 Å². The van der Waals surface area contributed by atoms with Crippen molar-refractivity contribution in [3.05, 3.63) is 59.8 Å². The Balaban J connectivity index is 2.27. The van der Waals surface area contributed by atoms with Gasteiger partial charge in [0.25, 0.3) is 0 Å². The number of halogens is 1. The first-order valence-corrected chi connectivity index (χ1v) is 5.54. The van der Waals surface area contributed by atoms with Crippen molar-refractivity contribution in [2.75, 3.05) is 0 Å². The van der Waals surface area contributed by atoms with Crippen molar-refractivity contribution < 1.29 is 0 Å². The Kier molecular flexibility index (Phi) is 2.19. The summed E-state index contributed by atoms with van der Waals surface area (Å²) in [4.78, 5) is 3.15. The molecule has 0 aliphatic rings. The zero-order chi connectivity index (χ0) is 11.0. The molecule has 2 aromatic carbocycles. The predicted octanol–water partition coefficient (Wildman–Crippen LogP) is 4.49. The molecular formula is C14H10ClN. The van der Waals surface area contributed by atoms with Gasteiger partial charge in [0.05, 0.1) is 5.02 Å². The van der Waals surface area contributed by atoms with Crippen LogP contribution in [0.5, 0.6) is 0 Å². The predicted molar refractivity (Wildman–Crippen MR) is 68.7 cm³/mol. The molecule has 0 aliphatic heterocycles. The molecule has 0 unspecified atom stereocenters. The Labute approximate surface area is 98.7 Å². The van der Waals surface area contributed by atoms with Crippen LogP contribution in [0.4, 0.5) is 0 Å². The normalized spacial score (nSPS) is 10.8. The summed E-state index contributed by atoms with van der Waals surface area (Å²) in [6.45, 7) is 0. The molecule has 78 valence electrons. The maximum absolute atomic E-state index is 6.27. The van der Waals surface area contributed by atoms with Gasteiger partial charge < -0.3 is 4.98 Å². The van der Waals surface area contributed by atoms with Gasteiger partial charge in [-0.3, -0.25) is 0 Å². The van der Waals surface area contributed by atoms with Crippen LogP contribution in [0.1, 0.15) is 0 Å². The average Bonchev–Trinajstić information content (AvgIpc) is 2.76. The fourth-order valence-corrected chi connectivity index (χ4v) is 2.19. The molecule has 1 N–H and O–H groups in total. The molecule has 0 saturated carbocycles. The van der Waals surface area contributed by atoms with E-state index in [0.717, 1.165) is 21.7 Å². The van der Waals surface area contributed by atoms with E-state index in [9.17, 15) is 0 Å². The quantitative estimate of drug-likeness (QED) is 0.631. The molecule has 0 bridgehead atoms. The fourth-order valence-electron chi connectivity index (χ4n) is 1.91. The molecule has 3 aromatic rings. The summed E-state index contributed by atoms with van der Waals surface area (Å²) < 4.78 is 0. The van der Waals surface area contributed by atoms with Crippen LogP contribution >= 0.6 is 11.6 Å². The van der Waals surface area contributed by atoms with Crippen molar-refractivity contribution >= 4 is 22.5 Å². The van der Waals surface area contributed by atoms with Crippen molar-refractivity contribution in [1.29, 1.82) is 0 Å². The van der Waals surface area contributed by atoms with E-state index in [0.29, 0.717) is 0 Å². The number of fused-ring (bicyclic) bond motifs is 1. The first kappa shape index (κ1) is 9.49. The summed E-state index contributed by atoms with van der Waals surface area (Å²) in [6.07, 6.45) is 1.93. The Bertz CT molecular complexity index is 626. The lowest BCUT2D eigenvalue weighted by atomic mass is 10.0. The first-order valence-electron chi connectivity index (χ1n) is 5.17. The highest BCUT2D eigenvalue weighted by Crippen LogP contribution is 2.31. The lowest BCUT2D eigenvalue weighted by Crippen LogP contribution is -1.79. The highest BCUT2D eigenvalue weighted by atomic mass is 35.5. The van der Waals surface area contributed by atoms with Crippen LogP contribution in [0.2, 0.25) is 5.02 Å². The smallest absolute Gasteiger partial charge is 0.0505 e. The van der Waals surface area contributed by atoms with E-state index in [1.165, 1.54) is 5.39 Å². The van der Waals surface area contributed by atoms with E-state index in [4.69, 9.17) is 11.6 Å². The third-order valence-electron chi connectivity index (χ3n) is 2.73. The molecule has 3 rings (SSSR count). The zero-order valence-corrected chi connectivity index (χ0v) is 9.33. The van der Waals surface area contributed by atoms with Gasteiger partial charge in [0.15, 0.2) is 0 Å². The fraction of sp³-hybridized carbons (Fsp3) is 0. The van der Waals surface area contributed by atoms with E-state index >= 15 is 0 Å². The van der Waals surface area contributed by atoms with E-state index in [2.05, 4.69) is 29.2 Å². The summed E-state index contributed by atoms with van der Waals surface area (Å²) in [6, 6.07) is 16.3. The molecule has 1 nitrogen and oxygen atoms in total. The molecule has 0 saturated heterocycles. The van der Waals surface area contributed by atoms with Crippen molar-refractivity contribution in [2.45, 2.75) is 0 Å². The van der Waals surface area contributed by atoms with Crippen LogP contribution in [-0.2, 0) is 0 Å². The Morgan fingerprint density at radius 3 is 2.56 bits per heavy atom. The van der Waals surface area contributed by atoms with Gasteiger partial charge in [-0.05, 0) is 23.8 Å². The highest BCUT2D eigenvalue weighted by molar-refractivity contribution is 6.34. The maximum atomic E-state index is 6.27. The third-order valence-corrected chi connectivity index (χ3v) is 3.04. The molecule has 2 heteroatoms. The summed E-state index contributed by atoms with van der Waals surface area (Å²) in [7, 11) is 0. The van der Waals surface area contributed by atoms with Crippen molar-refractivity contribution in [2.24, 2.45) is 0 Å². The molecule has 0 amide bonds. The van der Waals surface area contributed by atoms with E-state index < -0.39 is 0 Å². The van der Waals surface area contributed by atoms with Gasteiger partial charge in [-0.25, -0.2) is 0 Å². The second kappa shape index (κ2) is 3.69. The van der Waals surface area contributed by atoms with Crippen molar-refractivity contribution in [1.82, 2.24) is 4.98 Å². The molecule has 0 aliphatic carbocycles. The lowest BCUT2D eigenvalue weighted by Gasteiger charge is -2.04. The van der Waals surface area contributed by atoms with Crippen LogP contribution < -0.4 is 0 Å². The van der Waals surface area contributed by atoms with Gasteiger partial charge in [0, 0.05) is 22.7 Å². The number of hydrogen-bond donors (Lipinski definition) is 1. The average molecular weight is 228 g/mol. The summed E-state index contributed by atoms with van der Waals surface area (Å²) >= 11 is 6.27. The number of benzene rings is 2. The molecular weight excluding hydrogens is 218 g/mol. The monoisotopic (exact) mass is 227 g/mol. The number of aromatic amines is 1. The molecule has 0 atom stereocenters. The summed E-state index contributed by atoms with van der Waals surface area (Å²) in [5, 5.41) is 1.96. The number of aromatic nitrogens is 1. The van der Waals surface area contributed by atoms with Crippen LogP contribution in [0.25, 0.3) is 22.0 Å². The molecule has 1 aromatic heterocycles. The van der Waals surface area contributed by atoms with E-state index in [1.54, 1.807) is 0 Å². The summed E-state index contributed by atoms with van der Waals surface area (Å²) in [5.41, 5.74) is 3.30. The number of hydrogen-bond acceptors (Lipinski definition) is 0. The number of nitrogens with one attached hydrogen (secondary N) is 1. The minimum absolute atomic E-state index is 0.779. The Morgan fingerprint density at radius 1 is 0.938 bits per heavy atom. The molecule has 0 spiro atoms. The lowest BCUT2D eigenvalue weighted by molar-refractivity contribution is 1.48. The standard InChI is InChI=1S/C14H10ClN/c15-13-9-14-11(6-7-16-14)8-12(13)10-4-2-1-3-5-10/h1-9,16H. The molecule has 0 fully saturated rings. The second-order valence-corrected chi connectivity index (χ2v) is 4.17. The van der Waals surface area contributed by atoms with Crippen molar-refractivity contribution in [3.8, 4) is 11.1 Å². The first-order chi connectivity index (χ1) is 7.84. The molecule has 16 heavy (non-hydrogen) atoms. The van der Waals surface area contributed by atoms with E-state index in [1.807, 2.05) is 30.5 Å². The Hall–Kier alpha value is -1.73. The van der Waals surface area contributed by atoms with Crippen LogP contribution in [0.15, 0.2) is 54.7 Å². The minimum atomic E-state index is 0.779. The van der Waals surface area contributed by atoms with Gasteiger partial charge in [0.1, 0.15) is 0 Å². The summed E-state index contributed by atoms with van der Waals surface area (Å²) in [5.74, 6) is 0. The highest BCUT2D eigenvalue weighted by Gasteiger charge is 2.05. The van der Waals surface area contributed by atoms with Gasteiger partial charge in [-0.1, -0.05) is 41.9 Å². The van der Waals surface area contributed by atoms with Crippen LogP contribution in [0.3, 0.4) is 0 Å². The van der Waals surface area contributed by atoms with Gasteiger partial charge in [-0.2, -0.15) is 0 Å². The van der Waals surface area contributed by atoms with Crippen LogP contribution in [0, 0.1) is 0 Å². The molecule has 0 radical (unpaired) electrons. The SMILES string of the molecule is Clc1cc2[nH]ccc2cc1-c1ccccc1. The zero-order valence-electron chi connectivity index (χ0n) is 8.57. The van der Waals surface area contributed by atoms with Gasteiger partial charge in [-0.15, -0.1) is 0 Å². The minimum Gasteiger partial charge on any atom is -0.361 e. The third kappa shape index (κ3) is 1.50.